The lowest BCUT2D eigenvalue weighted by molar-refractivity contribution is 0.102. The molecule has 2 N–H and O–H groups in total. The van der Waals surface area contributed by atoms with Gasteiger partial charge in [0.25, 0.3) is 5.91 Å². The number of rotatable bonds is 4. The Kier molecular flexibility index (Phi) is 4.33. The third-order valence-corrected chi connectivity index (χ3v) is 4.01. The maximum absolute atomic E-state index is 12.4. The van der Waals surface area contributed by atoms with Gasteiger partial charge in [-0.25, -0.2) is 9.97 Å². The quantitative estimate of drug-likeness (QED) is 0.734. The molecule has 0 spiro atoms. The minimum absolute atomic E-state index is 0.188. The molecule has 0 unspecified atom stereocenters. The first-order valence-corrected chi connectivity index (χ1v) is 8.45. The van der Waals surface area contributed by atoms with Crippen LogP contribution in [0.15, 0.2) is 48.8 Å². The van der Waals surface area contributed by atoms with Crippen LogP contribution in [0.5, 0.6) is 11.5 Å². The SMILES string of the molecule is Cc1cc(C)cc(Nc2cnc(C(=O)Nc3ccc4c(c3)OCO4)cn2)c1. The first-order valence-electron chi connectivity index (χ1n) is 8.45. The summed E-state index contributed by atoms with van der Waals surface area (Å²) >= 11 is 0. The minimum atomic E-state index is -0.348. The molecule has 7 nitrogen and oxygen atoms in total. The number of anilines is 3. The molecule has 136 valence electrons. The maximum Gasteiger partial charge on any atom is 0.275 e. The molecule has 1 aromatic heterocycles. The zero-order chi connectivity index (χ0) is 18.8. The van der Waals surface area contributed by atoms with E-state index in [2.05, 4.69) is 26.7 Å². The number of nitrogens with zero attached hydrogens (tertiary/aromatic N) is 2. The number of amides is 1. The molecule has 1 aliphatic rings. The summed E-state index contributed by atoms with van der Waals surface area (Å²) in [6.07, 6.45) is 2.97. The molecule has 0 saturated carbocycles. The van der Waals surface area contributed by atoms with Crippen LogP contribution in [0.25, 0.3) is 0 Å². The van der Waals surface area contributed by atoms with Crippen LogP contribution in [0, 0.1) is 13.8 Å². The molecule has 7 heteroatoms. The first kappa shape index (κ1) is 16.8. The van der Waals surface area contributed by atoms with Crippen LogP contribution in [0.1, 0.15) is 21.6 Å². The van der Waals surface area contributed by atoms with Crippen molar-refractivity contribution in [2.45, 2.75) is 13.8 Å². The van der Waals surface area contributed by atoms with Crippen molar-refractivity contribution in [3.05, 3.63) is 65.6 Å². The lowest BCUT2D eigenvalue weighted by Gasteiger charge is -2.09. The van der Waals surface area contributed by atoms with E-state index < -0.39 is 0 Å². The van der Waals surface area contributed by atoms with Crippen LogP contribution in [0.4, 0.5) is 17.2 Å². The average Bonchev–Trinajstić information content (AvgIpc) is 3.09. The molecule has 2 aromatic carbocycles. The highest BCUT2D eigenvalue weighted by Gasteiger charge is 2.15. The number of benzene rings is 2. The van der Waals surface area contributed by atoms with Gasteiger partial charge in [0, 0.05) is 17.4 Å². The summed E-state index contributed by atoms with van der Waals surface area (Å²) in [5, 5.41) is 5.97. The Labute approximate surface area is 156 Å². The van der Waals surface area contributed by atoms with Gasteiger partial charge in [-0.3, -0.25) is 4.79 Å². The predicted octanol–water partition coefficient (Wildman–Crippen LogP) is 3.82. The Morgan fingerprint density at radius 1 is 0.926 bits per heavy atom. The maximum atomic E-state index is 12.4. The zero-order valence-corrected chi connectivity index (χ0v) is 14.9. The van der Waals surface area contributed by atoms with Gasteiger partial charge in [-0.15, -0.1) is 0 Å². The molecule has 0 aliphatic carbocycles. The standard InChI is InChI=1S/C20H18N4O3/c1-12-5-13(2)7-15(6-12)23-19-10-21-16(9-22-19)20(25)24-14-3-4-17-18(8-14)27-11-26-17/h3-10H,11H2,1-2H3,(H,22,23)(H,24,25). The molecule has 1 aliphatic heterocycles. The number of nitrogens with one attached hydrogen (secondary N) is 2. The van der Waals surface area contributed by atoms with E-state index in [1.165, 1.54) is 12.4 Å². The summed E-state index contributed by atoms with van der Waals surface area (Å²) < 4.78 is 10.6. The van der Waals surface area contributed by atoms with Crippen LogP contribution >= 0.6 is 0 Å². The fourth-order valence-electron chi connectivity index (χ4n) is 2.87. The summed E-state index contributed by atoms with van der Waals surface area (Å²) in [5.74, 6) is 1.49. The van der Waals surface area contributed by atoms with Gasteiger partial charge in [-0.1, -0.05) is 6.07 Å². The van der Waals surface area contributed by atoms with Crippen molar-refractivity contribution in [1.82, 2.24) is 9.97 Å². The van der Waals surface area contributed by atoms with Crippen molar-refractivity contribution < 1.29 is 14.3 Å². The number of hydrogen-bond acceptors (Lipinski definition) is 6. The lowest BCUT2D eigenvalue weighted by Crippen LogP contribution is -2.14. The number of ether oxygens (including phenoxy) is 2. The Balaban J connectivity index is 1.44. The summed E-state index contributed by atoms with van der Waals surface area (Å²) in [6, 6.07) is 11.4. The largest absolute Gasteiger partial charge is 0.454 e. The Bertz CT molecular complexity index is 982. The normalized spacial score (nSPS) is 11.9. The number of aromatic nitrogens is 2. The highest BCUT2D eigenvalue weighted by atomic mass is 16.7. The number of aryl methyl sites for hydroxylation is 2. The van der Waals surface area contributed by atoms with E-state index in [1.807, 2.05) is 26.0 Å². The van der Waals surface area contributed by atoms with Crippen molar-refractivity contribution >= 4 is 23.1 Å². The molecular weight excluding hydrogens is 344 g/mol. The average molecular weight is 362 g/mol. The Hall–Kier alpha value is -3.61. The number of carbonyl (C=O) groups excluding carboxylic acids is 1. The summed E-state index contributed by atoms with van der Waals surface area (Å²) in [5.41, 5.74) is 4.07. The van der Waals surface area contributed by atoms with Gasteiger partial charge in [0.1, 0.15) is 11.5 Å². The Morgan fingerprint density at radius 3 is 2.44 bits per heavy atom. The highest BCUT2D eigenvalue weighted by molar-refractivity contribution is 6.02. The van der Waals surface area contributed by atoms with Gasteiger partial charge in [0.15, 0.2) is 11.5 Å². The topological polar surface area (TPSA) is 85.4 Å². The lowest BCUT2D eigenvalue weighted by atomic mass is 10.1. The number of fused-ring (bicyclic) bond motifs is 1. The molecule has 1 amide bonds. The van der Waals surface area contributed by atoms with E-state index in [0.29, 0.717) is 23.0 Å². The molecule has 0 radical (unpaired) electrons. The summed E-state index contributed by atoms with van der Waals surface area (Å²) in [6.45, 7) is 4.26. The van der Waals surface area contributed by atoms with E-state index in [0.717, 1.165) is 16.8 Å². The summed E-state index contributed by atoms with van der Waals surface area (Å²) in [4.78, 5) is 20.8. The molecule has 0 bridgehead atoms. The molecule has 0 saturated heterocycles. The summed E-state index contributed by atoms with van der Waals surface area (Å²) in [7, 11) is 0. The van der Waals surface area contributed by atoms with E-state index in [4.69, 9.17) is 9.47 Å². The minimum Gasteiger partial charge on any atom is -0.454 e. The van der Waals surface area contributed by atoms with E-state index >= 15 is 0 Å². The second-order valence-corrected chi connectivity index (χ2v) is 6.31. The van der Waals surface area contributed by atoms with Crippen molar-refractivity contribution in [2.24, 2.45) is 0 Å². The third-order valence-electron chi connectivity index (χ3n) is 4.01. The van der Waals surface area contributed by atoms with E-state index in [-0.39, 0.29) is 18.4 Å². The molecule has 4 rings (SSSR count). The number of carbonyl (C=O) groups is 1. The monoisotopic (exact) mass is 362 g/mol. The van der Waals surface area contributed by atoms with Gasteiger partial charge in [-0.05, 0) is 49.2 Å². The third kappa shape index (κ3) is 3.82. The highest BCUT2D eigenvalue weighted by Crippen LogP contribution is 2.34. The second kappa shape index (κ2) is 6.95. The molecule has 0 atom stereocenters. The van der Waals surface area contributed by atoms with Crippen LogP contribution in [0.3, 0.4) is 0 Å². The van der Waals surface area contributed by atoms with Crippen LogP contribution in [0.2, 0.25) is 0 Å². The van der Waals surface area contributed by atoms with E-state index in [9.17, 15) is 4.79 Å². The first-order chi connectivity index (χ1) is 13.1. The smallest absolute Gasteiger partial charge is 0.275 e. The van der Waals surface area contributed by atoms with Gasteiger partial charge >= 0.3 is 0 Å². The van der Waals surface area contributed by atoms with Crippen molar-refractivity contribution in [2.75, 3.05) is 17.4 Å². The second-order valence-electron chi connectivity index (χ2n) is 6.31. The predicted molar refractivity (Wildman–Crippen MR) is 102 cm³/mol. The van der Waals surface area contributed by atoms with Crippen molar-refractivity contribution in [1.29, 1.82) is 0 Å². The van der Waals surface area contributed by atoms with Crippen LogP contribution in [-0.2, 0) is 0 Å². The molecule has 27 heavy (non-hydrogen) atoms. The molecule has 2 heterocycles. The fourth-order valence-corrected chi connectivity index (χ4v) is 2.87. The van der Waals surface area contributed by atoms with Gasteiger partial charge in [-0.2, -0.15) is 0 Å². The number of hydrogen-bond donors (Lipinski definition) is 2. The van der Waals surface area contributed by atoms with Crippen LogP contribution in [-0.4, -0.2) is 22.7 Å². The van der Waals surface area contributed by atoms with Crippen molar-refractivity contribution in [3.63, 3.8) is 0 Å². The van der Waals surface area contributed by atoms with Crippen molar-refractivity contribution in [3.8, 4) is 11.5 Å². The van der Waals surface area contributed by atoms with Gasteiger partial charge in [0.2, 0.25) is 6.79 Å². The van der Waals surface area contributed by atoms with Crippen LogP contribution < -0.4 is 20.1 Å². The molecule has 0 fully saturated rings. The molecular formula is C20H18N4O3. The van der Waals surface area contributed by atoms with Gasteiger partial charge < -0.3 is 20.1 Å². The fraction of sp³-hybridized carbons (Fsp3) is 0.150. The Morgan fingerprint density at radius 2 is 1.70 bits per heavy atom. The molecule has 3 aromatic rings. The zero-order valence-electron chi connectivity index (χ0n) is 14.9. The van der Waals surface area contributed by atoms with E-state index in [1.54, 1.807) is 18.2 Å². The van der Waals surface area contributed by atoms with Gasteiger partial charge in [0.05, 0.1) is 12.4 Å².